The van der Waals surface area contributed by atoms with E-state index in [2.05, 4.69) is 17.2 Å². The SMILES string of the molecule is C#CCOc1ccc(CCNC(=O)C(COc2ccc(Cl)c(Cl)c2)OCC#C)cc1OC. The summed E-state index contributed by atoms with van der Waals surface area (Å²) in [6.45, 7) is 0.448. The van der Waals surface area contributed by atoms with Gasteiger partial charge in [-0.1, -0.05) is 41.1 Å². The van der Waals surface area contributed by atoms with Crippen LogP contribution in [0.4, 0.5) is 0 Å². The highest BCUT2D eigenvalue weighted by Gasteiger charge is 2.20. The van der Waals surface area contributed by atoms with Gasteiger partial charge >= 0.3 is 0 Å². The van der Waals surface area contributed by atoms with Crippen LogP contribution in [-0.2, 0) is 16.0 Å². The first-order valence-corrected chi connectivity index (χ1v) is 10.4. The third-order valence-electron chi connectivity index (χ3n) is 4.20. The summed E-state index contributed by atoms with van der Waals surface area (Å²) in [5.41, 5.74) is 0.948. The largest absolute Gasteiger partial charge is 0.493 e. The van der Waals surface area contributed by atoms with Gasteiger partial charge in [0.05, 0.1) is 17.2 Å². The number of terminal acetylenes is 2. The Morgan fingerprint density at radius 1 is 1.03 bits per heavy atom. The second kappa shape index (κ2) is 13.4. The molecule has 6 nitrogen and oxygen atoms in total. The Labute approximate surface area is 198 Å². The average Bonchev–Trinajstić information content (AvgIpc) is 2.80. The van der Waals surface area contributed by atoms with Crippen molar-refractivity contribution >= 4 is 29.1 Å². The molecule has 0 aliphatic rings. The molecule has 1 atom stereocenters. The molecule has 0 radical (unpaired) electrons. The third-order valence-corrected chi connectivity index (χ3v) is 4.94. The first-order chi connectivity index (χ1) is 15.5. The van der Waals surface area contributed by atoms with Crippen LogP contribution in [0.25, 0.3) is 0 Å². The number of nitrogens with one attached hydrogen (secondary N) is 1. The molecule has 0 bridgehead atoms. The molecule has 0 aromatic heterocycles. The molecule has 0 spiro atoms. The molecule has 168 valence electrons. The first kappa shape index (κ1) is 25.2. The van der Waals surface area contributed by atoms with E-state index in [9.17, 15) is 4.79 Å². The van der Waals surface area contributed by atoms with E-state index in [-0.39, 0.29) is 25.7 Å². The van der Waals surface area contributed by atoms with Gasteiger partial charge in [0.2, 0.25) is 0 Å². The minimum Gasteiger partial charge on any atom is -0.493 e. The number of halogens is 2. The van der Waals surface area contributed by atoms with Crippen molar-refractivity contribution < 1.29 is 23.7 Å². The Kier molecular flexibility index (Phi) is 10.6. The minimum atomic E-state index is -0.894. The zero-order chi connectivity index (χ0) is 23.3. The molecule has 0 aliphatic carbocycles. The van der Waals surface area contributed by atoms with Crippen molar-refractivity contribution in [2.45, 2.75) is 12.5 Å². The molecule has 0 fully saturated rings. The number of methoxy groups -OCH3 is 1. The van der Waals surface area contributed by atoms with Crippen molar-refractivity contribution in [3.05, 3.63) is 52.0 Å². The maximum Gasteiger partial charge on any atom is 0.252 e. The van der Waals surface area contributed by atoms with E-state index in [0.717, 1.165) is 5.56 Å². The Balaban J connectivity index is 1.91. The Hall–Kier alpha value is -3.03. The van der Waals surface area contributed by atoms with Gasteiger partial charge in [-0.05, 0) is 36.2 Å². The molecular formula is C24H23Cl2NO5. The number of carbonyl (C=O) groups is 1. The highest BCUT2D eigenvalue weighted by Crippen LogP contribution is 2.28. The maximum atomic E-state index is 12.6. The van der Waals surface area contributed by atoms with Crippen LogP contribution in [0.2, 0.25) is 10.0 Å². The summed E-state index contributed by atoms with van der Waals surface area (Å²) in [7, 11) is 1.55. The first-order valence-electron chi connectivity index (χ1n) is 9.62. The van der Waals surface area contributed by atoms with Crippen LogP contribution >= 0.6 is 23.2 Å². The molecule has 2 rings (SSSR count). The number of rotatable bonds is 12. The van der Waals surface area contributed by atoms with Gasteiger partial charge in [-0.25, -0.2) is 0 Å². The predicted molar refractivity (Wildman–Crippen MR) is 125 cm³/mol. The number of hydrogen-bond acceptors (Lipinski definition) is 5. The van der Waals surface area contributed by atoms with E-state index < -0.39 is 6.10 Å². The summed E-state index contributed by atoms with van der Waals surface area (Å²) < 4.78 is 21.8. The molecule has 2 aromatic carbocycles. The van der Waals surface area contributed by atoms with Crippen molar-refractivity contribution in [1.82, 2.24) is 5.32 Å². The fourth-order valence-corrected chi connectivity index (χ4v) is 2.92. The van der Waals surface area contributed by atoms with E-state index in [4.69, 9.17) is 55.0 Å². The lowest BCUT2D eigenvalue weighted by Gasteiger charge is -2.17. The van der Waals surface area contributed by atoms with Gasteiger partial charge in [0.1, 0.15) is 25.6 Å². The summed E-state index contributed by atoms with van der Waals surface area (Å²) in [6, 6.07) is 10.3. The third kappa shape index (κ3) is 7.90. The fourth-order valence-electron chi connectivity index (χ4n) is 2.64. The van der Waals surface area contributed by atoms with E-state index in [0.29, 0.717) is 40.3 Å². The van der Waals surface area contributed by atoms with Crippen LogP contribution in [0.3, 0.4) is 0 Å². The summed E-state index contributed by atoms with van der Waals surface area (Å²) >= 11 is 11.9. The van der Waals surface area contributed by atoms with Crippen LogP contribution in [0.1, 0.15) is 5.56 Å². The molecule has 0 aliphatic heterocycles. The van der Waals surface area contributed by atoms with Crippen LogP contribution in [-0.4, -0.2) is 45.5 Å². The van der Waals surface area contributed by atoms with Gasteiger partial charge in [0, 0.05) is 12.6 Å². The van der Waals surface area contributed by atoms with Crippen LogP contribution in [0, 0.1) is 24.7 Å². The van der Waals surface area contributed by atoms with Gasteiger partial charge in [-0.2, -0.15) is 0 Å². The van der Waals surface area contributed by atoms with Gasteiger partial charge in [-0.3, -0.25) is 4.79 Å². The molecule has 1 unspecified atom stereocenters. The van der Waals surface area contributed by atoms with Gasteiger partial charge in [0.15, 0.2) is 17.6 Å². The number of carbonyl (C=O) groups excluding carboxylic acids is 1. The minimum absolute atomic E-state index is 0.0286. The predicted octanol–water partition coefficient (Wildman–Crippen LogP) is 3.77. The van der Waals surface area contributed by atoms with Gasteiger partial charge in [-0.15, -0.1) is 12.8 Å². The second-order valence-electron chi connectivity index (χ2n) is 6.41. The molecule has 1 N–H and O–H groups in total. The molecule has 0 saturated heterocycles. The quantitative estimate of drug-likeness (QED) is 0.473. The smallest absolute Gasteiger partial charge is 0.252 e. The maximum absolute atomic E-state index is 12.6. The highest BCUT2D eigenvalue weighted by molar-refractivity contribution is 6.42. The van der Waals surface area contributed by atoms with Crippen molar-refractivity contribution in [3.63, 3.8) is 0 Å². The molecule has 32 heavy (non-hydrogen) atoms. The normalized spacial score (nSPS) is 11.0. The Morgan fingerprint density at radius 2 is 1.81 bits per heavy atom. The van der Waals surface area contributed by atoms with Gasteiger partial charge < -0.3 is 24.3 Å². The molecular weight excluding hydrogens is 453 g/mol. The monoisotopic (exact) mass is 475 g/mol. The number of ether oxygens (including phenoxy) is 4. The zero-order valence-electron chi connectivity index (χ0n) is 17.5. The van der Waals surface area contributed by atoms with E-state index in [1.165, 1.54) is 0 Å². The van der Waals surface area contributed by atoms with E-state index >= 15 is 0 Å². The summed E-state index contributed by atoms with van der Waals surface area (Å²) in [6.07, 6.45) is 10.1. The number of amides is 1. The highest BCUT2D eigenvalue weighted by atomic mass is 35.5. The van der Waals surface area contributed by atoms with Crippen molar-refractivity contribution in [2.75, 3.05) is 33.5 Å². The Morgan fingerprint density at radius 3 is 2.50 bits per heavy atom. The summed E-state index contributed by atoms with van der Waals surface area (Å²) in [4.78, 5) is 12.6. The summed E-state index contributed by atoms with van der Waals surface area (Å²) in [5.74, 6) is 5.99. The topological polar surface area (TPSA) is 66.0 Å². The van der Waals surface area contributed by atoms with Crippen LogP contribution < -0.4 is 19.5 Å². The standard InChI is InChI=1S/C24H23Cl2NO5/c1-4-12-30-21-9-6-17(14-22(21)29-3)10-11-27-24(28)23(31-13-5-2)16-32-18-7-8-19(25)20(26)15-18/h1-2,6-9,14-15,23H,10-13,16H2,3H3,(H,27,28). The summed E-state index contributed by atoms with van der Waals surface area (Å²) in [5, 5.41) is 3.58. The van der Waals surface area contributed by atoms with Crippen molar-refractivity contribution in [2.24, 2.45) is 0 Å². The van der Waals surface area contributed by atoms with E-state index in [1.807, 2.05) is 12.1 Å². The zero-order valence-corrected chi connectivity index (χ0v) is 19.0. The van der Waals surface area contributed by atoms with Gasteiger partial charge in [0.25, 0.3) is 5.91 Å². The molecule has 2 aromatic rings. The Bertz CT molecular complexity index is 997. The molecule has 0 heterocycles. The lowest BCUT2D eigenvalue weighted by molar-refractivity contribution is -0.133. The van der Waals surface area contributed by atoms with Crippen molar-refractivity contribution in [3.8, 4) is 41.9 Å². The fraction of sp³-hybridized carbons (Fsp3) is 0.292. The number of benzene rings is 2. The van der Waals surface area contributed by atoms with Crippen molar-refractivity contribution in [1.29, 1.82) is 0 Å². The van der Waals surface area contributed by atoms with Crippen LogP contribution in [0.5, 0.6) is 17.2 Å². The lowest BCUT2D eigenvalue weighted by Crippen LogP contribution is -2.41. The molecule has 1 amide bonds. The van der Waals surface area contributed by atoms with Crippen LogP contribution in [0.15, 0.2) is 36.4 Å². The molecule has 0 saturated carbocycles. The van der Waals surface area contributed by atoms with E-state index in [1.54, 1.807) is 31.4 Å². The average molecular weight is 476 g/mol. The molecule has 8 heteroatoms. The number of hydrogen-bond donors (Lipinski definition) is 1. The lowest BCUT2D eigenvalue weighted by atomic mass is 10.1. The second-order valence-corrected chi connectivity index (χ2v) is 7.22.